The van der Waals surface area contributed by atoms with Crippen molar-refractivity contribution in [3.05, 3.63) is 28.8 Å². The Hall–Kier alpha value is -1.31. The third kappa shape index (κ3) is 1.31. The maximum atomic E-state index is 11.9. The Labute approximate surface area is 83.9 Å². The molecule has 0 aromatic heterocycles. The van der Waals surface area contributed by atoms with Crippen LogP contribution in [0, 0.1) is 19.8 Å². The number of carbonyl (C=O) groups is 1. The highest BCUT2D eigenvalue weighted by Crippen LogP contribution is 2.30. The van der Waals surface area contributed by atoms with Gasteiger partial charge in [0.15, 0.2) is 5.78 Å². The fraction of sp³-hybridized carbons (Fsp3) is 0.417. The number of fused-ring (bicyclic) bond motifs is 1. The van der Waals surface area contributed by atoms with Gasteiger partial charge in [0, 0.05) is 0 Å². The molecular weight excluding hydrogens is 176 g/mol. The first kappa shape index (κ1) is 9.25. The molecule has 0 fully saturated rings. The smallest absolute Gasteiger partial charge is 0.173 e. The first-order chi connectivity index (χ1) is 6.59. The first-order valence-electron chi connectivity index (χ1n) is 4.88. The van der Waals surface area contributed by atoms with Crippen molar-refractivity contribution in [1.82, 2.24) is 0 Å². The Bertz CT molecular complexity index is 394. The zero-order chi connectivity index (χ0) is 10.3. The van der Waals surface area contributed by atoms with Crippen LogP contribution in [0.25, 0.3) is 0 Å². The van der Waals surface area contributed by atoms with Crippen LogP contribution in [0.4, 0.5) is 0 Å². The normalized spacial score (nSPS) is 20.2. The second-order valence-corrected chi connectivity index (χ2v) is 4.03. The van der Waals surface area contributed by atoms with E-state index in [1.807, 2.05) is 32.9 Å². The highest BCUT2D eigenvalue weighted by molar-refractivity contribution is 6.02. The highest BCUT2D eigenvalue weighted by atomic mass is 16.5. The van der Waals surface area contributed by atoms with Crippen molar-refractivity contribution in [3.8, 4) is 5.75 Å². The van der Waals surface area contributed by atoms with Crippen molar-refractivity contribution < 1.29 is 9.53 Å². The maximum Gasteiger partial charge on any atom is 0.173 e. The molecule has 1 aliphatic rings. The van der Waals surface area contributed by atoms with Crippen molar-refractivity contribution in [3.63, 3.8) is 0 Å². The van der Waals surface area contributed by atoms with Crippen LogP contribution in [0.1, 0.15) is 28.4 Å². The lowest BCUT2D eigenvalue weighted by molar-refractivity contribution is 0.0848. The average molecular weight is 190 g/mol. The Morgan fingerprint density at radius 3 is 2.79 bits per heavy atom. The molecule has 1 aliphatic heterocycles. The lowest BCUT2D eigenvalue weighted by atomic mass is 9.92. The van der Waals surface area contributed by atoms with E-state index in [1.165, 1.54) is 0 Å². The molecule has 0 N–H and O–H groups in total. The van der Waals surface area contributed by atoms with Crippen LogP contribution in [-0.4, -0.2) is 12.4 Å². The van der Waals surface area contributed by atoms with Gasteiger partial charge in [-0.25, -0.2) is 0 Å². The monoisotopic (exact) mass is 190 g/mol. The van der Waals surface area contributed by atoms with Gasteiger partial charge in [-0.05, 0) is 31.0 Å². The number of ether oxygens (including phenoxy) is 1. The summed E-state index contributed by atoms with van der Waals surface area (Å²) in [5.41, 5.74) is 2.94. The van der Waals surface area contributed by atoms with Crippen molar-refractivity contribution >= 4 is 5.78 Å². The summed E-state index contributed by atoms with van der Waals surface area (Å²) in [5, 5.41) is 0. The van der Waals surface area contributed by atoms with Gasteiger partial charge in [0.2, 0.25) is 0 Å². The summed E-state index contributed by atoms with van der Waals surface area (Å²) < 4.78 is 5.55. The Morgan fingerprint density at radius 2 is 2.07 bits per heavy atom. The molecule has 1 unspecified atom stereocenters. The predicted molar refractivity (Wildman–Crippen MR) is 54.9 cm³/mol. The average Bonchev–Trinajstić information content (AvgIpc) is 2.10. The first-order valence-corrected chi connectivity index (χ1v) is 4.88. The minimum Gasteiger partial charge on any atom is -0.492 e. The molecule has 1 atom stereocenters. The second kappa shape index (κ2) is 3.12. The quantitative estimate of drug-likeness (QED) is 0.628. The Morgan fingerprint density at radius 1 is 1.36 bits per heavy atom. The van der Waals surface area contributed by atoms with Gasteiger partial charge >= 0.3 is 0 Å². The van der Waals surface area contributed by atoms with Crippen LogP contribution in [0.15, 0.2) is 12.1 Å². The molecule has 2 heteroatoms. The lowest BCUT2D eigenvalue weighted by Gasteiger charge is -2.23. The van der Waals surface area contributed by atoms with E-state index in [4.69, 9.17) is 4.74 Å². The minimum atomic E-state index is -0.0103. The largest absolute Gasteiger partial charge is 0.492 e. The molecule has 0 saturated heterocycles. The van der Waals surface area contributed by atoms with Crippen LogP contribution in [0.3, 0.4) is 0 Å². The summed E-state index contributed by atoms with van der Waals surface area (Å²) in [6.45, 7) is 6.39. The van der Waals surface area contributed by atoms with Crippen molar-refractivity contribution in [2.45, 2.75) is 20.8 Å². The number of ketones is 1. The molecule has 14 heavy (non-hydrogen) atoms. The second-order valence-electron chi connectivity index (χ2n) is 4.03. The van der Waals surface area contributed by atoms with Gasteiger partial charge in [0.1, 0.15) is 5.75 Å². The molecule has 2 rings (SSSR count). The summed E-state index contributed by atoms with van der Waals surface area (Å²) in [7, 11) is 0. The Balaban J connectivity index is 2.60. The lowest BCUT2D eigenvalue weighted by Crippen LogP contribution is -2.26. The molecular formula is C12H14O2. The topological polar surface area (TPSA) is 26.3 Å². The van der Waals surface area contributed by atoms with Gasteiger partial charge in [0.25, 0.3) is 0 Å². The fourth-order valence-corrected chi connectivity index (χ4v) is 1.90. The molecule has 1 aromatic carbocycles. The summed E-state index contributed by atoms with van der Waals surface area (Å²) in [6.07, 6.45) is 0. The highest BCUT2D eigenvalue weighted by Gasteiger charge is 2.26. The van der Waals surface area contributed by atoms with Crippen LogP contribution in [0.5, 0.6) is 5.75 Å². The summed E-state index contributed by atoms with van der Waals surface area (Å²) in [6, 6.07) is 3.96. The third-order valence-corrected chi connectivity index (χ3v) is 2.63. The number of rotatable bonds is 0. The van der Waals surface area contributed by atoms with Crippen molar-refractivity contribution in [2.24, 2.45) is 5.92 Å². The van der Waals surface area contributed by atoms with Gasteiger partial charge in [0.05, 0.1) is 18.1 Å². The van der Waals surface area contributed by atoms with Crippen LogP contribution in [0.2, 0.25) is 0 Å². The van der Waals surface area contributed by atoms with E-state index in [0.29, 0.717) is 6.61 Å². The molecule has 0 spiro atoms. The van der Waals surface area contributed by atoms with Gasteiger partial charge in [-0.15, -0.1) is 0 Å². The van der Waals surface area contributed by atoms with Crippen LogP contribution in [-0.2, 0) is 0 Å². The van der Waals surface area contributed by atoms with Gasteiger partial charge in [-0.1, -0.05) is 13.0 Å². The third-order valence-electron chi connectivity index (χ3n) is 2.63. The summed E-state index contributed by atoms with van der Waals surface area (Å²) in [4.78, 5) is 11.9. The van der Waals surface area contributed by atoms with E-state index < -0.39 is 0 Å². The van der Waals surface area contributed by atoms with Crippen LogP contribution >= 0.6 is 0 Å². The number of Topliss-reactive ketones (excluding diaryl/α,β-unsaturated/α-hetero) is 1. The summed E-state index contributed by atoms with van der Waals surface area (Å²) in [5.74, 6) is 0.957. The van der Waals surface area contributed by atoms with E-state index in [1.54, 1.807) is 0 Å². The minimum absolute atomic E-state index is 0.0103. The number of carbonyl (C=O) groups excluding carboxylic acids is 1. The van der Waals surface area contributed by atoms with E-state index >= 15 is 0 Å². The van der Waals surface area contributed by atoms with E-state index in [2.05, 4.69) is 0 Å². The van der Waals surface area contributed by atoms with E-state index in [-0.39, 0.29) is 11.7 Å². The zero-order valence-corrected chi connectivity index (χ0v) is 8.76. The van der Waals surface area contributed by atoms with Gasteiger partial charge in [-0.3, -0.25) is 4.79 Å². The maximum absolute atomic E-state index is 11.9. The van der Waals surface area contributed by atoms with Crippen molar-refractivity contribution in [2.75, 3.05) is 6.61 Å². The molecule has 0 aliphatic carbocycles. The molecule has 0 amide bonds. The number of hydrogen-bond donors (Lipinski definition) is 0. The van der Waals surface area contributed by atoms with Gasteiger partial charge < -0.3 is 4.74 Å². The number of benzene rings is 1. The number of aryl methyl sites for hydroxylation is 2. The molecule has 0 saturated carbocycles. The van der Waals surface area contributed by atoms with Crippen LogP contribution < -0.4 is 4.74 Å². The standard InChI is InChI=1S/C12H14O2/c1-7-4-8(2)11-10(5-7)14-6-9(3)12(11)13/h4-5,9H,6H2,1-3H3. The fourth-order valence-electron chi connectivity index (χ4n) is 1.90. The number of hydrogen-bond acceptors (Lipinski definition) is 2. The molecule has 0 radical (unpaired) electrons. The zero-order valence-electron chi connectivity index (χ0n) is 8.76. The SMILES string of the molecule is Cc1cc(C)c2c(c1)OCC(C)C2=O. The summed E-state index contributed by atoms with van der Waals surface area (Å²) >= 11 is 0. The van der Waals surface area contributed by atoms with E-state index in [9.17, 15) is 4.79 Å². The van der Waals surface area contributed by atoms with Crippen molar-refractivity contribution in [1.29, 1.82) is 0 Å². The predicted octanol–water partition coefficient (Wildman–Crippen LogP) is 2.51. The molecule has 74 valence electrons. The molecule has 1 heterocycles. The Kier molecular flexibility index (Phi) is 2.06. The molecule has 2 nitrogen and oxygen atoms in total. The van der Waals surface area contributed by atoms with E-state index in [0.717, 1.165) is 22.4 Å². The van der Waals surface area contributed by atoms with Gasteiger partial charge in [-0.2, -0.15) is 0 Å². The molecule has 0 bridgehead atoms. The molecule has 1 aromatic rings.